The molecule has 2 nitrogen and oxygen atoms in total. The van der Waals surface area contributed by atoms with E-state index in [0.29, 0.717) is 0 Å². The van der Waals surface area contributed by atoms with Gasteiger partial charge in [0.1, 0.15) is 11.7 Å². The van der Waals surface area contributed by atoms with E-state index in [1.165, 1.54) is 10.5 Å². The molecule has 2 rings (SSSR count). The van der Waals surface area contributed by atoms with Crippen molar-refractivity contribution in [2.45, 2.75) is 11.4 Å². The monoisotopic (exact) mass is 289 g/mol. The van der Waals surface area contributed by atoms with Crippen molar-refractivity contribution < 1.29 is 4.74 Å². The predicted molar refractivity (Wildman–Crippen MR) is 88.8 cm³/mol. The van der Waals surface area contributed by atoms with Crippen molar-refractivity contribution >= 4 is 10.0 Å². The van der Waals surface area contributed by atoms with Crippen LogP contribution in [-0.4, -0.2) is 25.5 Å². The maximum atomic E-state index is 5.93. The number of para-hydroxylation sites is 1. The van der Waals surface area contributed by atoms with E-state index in [-0.39, 0.29) is 0 Å². The first kappa shape index (κ1) is 14.9. The molecule has 3 heteroatoms. The average Bonchev–Trinajstić information content (AvgIpc) is 2.47. The van der Waals surface area contributed by atoms with E-state index in [4.69, 9.17) is 4.74 Å². The van der Waals surface area contributed by atoms with Crippen LogP contribution >= 0.6 is 10.0 Å². The van der Waals surface area contributed by atoms with E-state index in [2.05, 4.69) is 42.1 Å². The van der Waals surface area contributed by atoms with Gasteiger partial charge in [0.05, 0.1) is 0 Å². The molecule has 0 saturated carbocycles. The number of nitrogens with one attached hydrogen (secondary N) is 1. The van der Waals surface area contributed by atoms with Crippen LogP contribution in [0.5, 0.6) is 5.75 Å². The molecule has 0 fully saturated rings. The lowest BCUT2D eigenvalue weighted by molar-refractivity contribution is 0.389. The van der Waals surface area contributed by atoms with E-state index in [0.717, 1.165) is 18.2 Å². The Morgan fingerprint density at radius 1 is 0.950 bits per heavy atom. The number of hydrogen-bond donors (Lipinski definition) is 1. The molecule has 0 bridgehead atoms. The molecule has 0 unspecified atom stereocenters. The molecule has 0 aliphatic heterocycles. The van der Waals surface area contributed by atoms with Gasteiger partial charge in [-0.3, -0.25) is 0 Å². The van der Waals surface area contributed by atoms with E-state index in [1.807, 2.05) is 37.4 Å². The number of ether oxygens (including phenoxy) is 1. The average molecular weight is 289 g/mol. The Labute approximate surface area is 123 Å². The Morgan fingerprint density at radius 2 is 1.60 bits per heavy atom. The van der Waals surface area contributed by atoms with Gasteiger partial charge in [-0.05, 0) is 54.3 Å². The van der Waals surface area contributed by atoms with Crippen LogP contribution in [0, 0.1) is 0 Å². The summed E-state index contributed by atoms with van der Waals surface area (Å²) in [5.41, 5.74) is 1.32. The third-order valence-electron chi connectivity index (χ3n) is 3.21. The summed E-state index contributed by atoms with van der Waals surface area (Å²) in [7, 11) is 1.04. The molecule has 0 amide bonds. The van der Waals surface area contributed by atoms with Gasteiger partial charge >= 0.3 is 0 Å². The summed E-state index contributed by atoms with van der Waals surface area (Å²) in [5, 5.41) is 3.17. The fraction of sp³-hybridized carbons (Fsp3) is 0.294. The molecule has 0 aliphatic carbocycles. The zero-order valence-electron chi connectivity index (χ0n) is 12.4. The minimum atomic E-state index is -0.933. The lowest BCUT2D eigenvalue weighted by Gasteiger charge is -2.31. The first-order chi connectivity index (χ1) is 9.62. The molecule has 0 spiro atoms. The van der Waals surface area contributed by atoms with Crippen molar-refractivity contribution in [2.24, 2.45) is 0 Å². The molecule has 0 atom stereocenters. The molecule has 0 aliphatic rings. The van der Waals surface area contributed by atoms with Crippen molar-refractivity contribution in [3.05, 3.63) is 60.2 Å². The fourth-order valence-corrected chi connectivity index (χ4v) is 3.42. The normalized spacial score (nSPS) is 12.2. The van der Waals surface area contributed by atoms with Gasteiger partial charge in [-0.2, -0.15) is 10.0 Å². The molecular weight excluding hydrogens is 266 g/mol. The molecule has 2 aromatic rings. The summed E-state index contributed by atoms with van der Waals surface area (Å²) in [5.74, 6) is 1.70. The quantitative estimate of drug-likeness (QED) is 0.871. The summed E-state index contributed by atoms with van der Waals surface area (Å²) in [6.07, 6.45) is 4.59. The summed E-state index contributed by atoms with van der Waals surface area (Å²) >= 11 is 0. The summed E-state index contributed by atoms with van der Waals surface area (Å²) in [6.45, 7) is 0.913. The van der Waals surface area contributed by atoms with Crippen LogP contribution in [0.1, 0.15) is 5.56 Å². The summed E-state index contributed by atoms with van der Waals surface area (Å²) in [4.78, 5) is 1.38. The van der Waals surface area contributed by atoms with Gasteiger partial charge in [0.2, 0.25) is 0 Å². The molecule has 0 radical (unpaired) electrons. The van der Waals surface area contributed by atoms with Crippen LogP contribution in [0.15, 0.2) is 59.5 Å². The zero-order chi connectivity index (χ0) is 14.4. The van der Waals surface area contributed by atoms with Gasteiger partial charge < -0.3 is 10.1 Å². The number of hydrogen-bond acceptors (Lipinski definition) is 2. The second-order valence-corrected chi connectivity index (χ2v) is 9.07. The van der Waals surface area contributed by atoms with E-state index < -0.39 is 10.0 Å². The number of rotatable bonds is 6. The maximum absolute atomic E-state index is 5.93. The number of benzene rings is 2. The second-order valence-electron chi connectivity index (χ2n) is 5.29. The third-order valence-corrected chi connectivity index (χ3v) is 5.46. The molecule has 2 aromatic carbocycles. The van der Waals surface area contributed by atoms with Crippen LogP contribution in [0.3, 0.4) is 0 Å². The Balaban J connectivity index is 2.02. The SMILES string of the molecule is CNCc1ccc(S(C)(C)COc2ccccc2)cc1. The molecule has 0 heterocycles. The van der Waals surface area contributed by atoms with E-state index >= 15 is 0 Å². The van der Waals surface area contributed by atoms with Crippen LogP contribution in [0.25, 0.3) is 0 Å². The summed E-state index contributed by atoms with van der Waals surface area (Å²) < 4.78 is 5.93. The van der Waals surface area contributed by atoms with Crippen molar-refractivity contribution in [1.29, 1.82) is 0 Å². The second kappa shape index (κ2) is 6.82. The molecule has 108 valence electrons. The molecule has 0 aromatic heterocycles. The predicted octanol–water partition coefficient (Wildman–Crippen LogP) is 3.87. The van der Waals surface area contributed by atoms with Gasteiger partial charge in [-0.15, -0.1) is 0 Å². The van der Waals surface area contributed by atoms with Crippen molar-refractivity contribution in [2.75, 3.05) is 25.5 Å². The molecular formula is C17H23NOS. The summed E-state index contributed by atoms with van der Waals surface area (Å²) in [6, 6.07) is 18.9. The molecule has 1 N–H and O–H groups in total. The fourth-order valence-electron chi connectivity index (χ4n) is 1.98. The minimum absolute atomic E-state index is 0.752. The Kier molecular flexibility index (Phi) is 5.10. The van der Waals surface area contributed by atoms with Crippen LogP contribution < -0.4 is 10.1 Å². The van der Waals surface area contributed by atoms with Gasteiger partial charge in [-0.1, -0.05) is 30.3 Å². The highest BCUT2D eigenvalue weighted by Crippen LogP contribution is 2.48. The largest absolute Gasteiger partial charge is 0.484 e. The van der Waals surface area contributed by atoms with Crippen LogP contribution in [0.2, 0.25) is 0 Å². The Bertz CT molecular complexity index is 522. The first-order valence-electron chi connectivity index (χ1n) is 6.74. The van der Waals surface area contributed by atoms with Gasteiger partial charge in [0.25, 0.3) is 0 Å². The van der Waals surface area contributed by atoms with Gasteiger partial charge in [0.15, 0.2) is 0 Å². The minimum Gasteiger partial charge on any atom is -0.484 e. The van der Waals surface area contributed by atoms with Gasteiger partial charge in [-0.25, -0.2) is 0 Å². The van der Waals surface area contributed by atoms with Crippen molar-refractivity contribution in [3.8, 4) is 5.75 Å². The molecule has 20 heavy (non-hydrogen) atoms. The van der Waals surface area contributed by atoms with Crippen LogP contribution in [0.4, 0.5) is 0 Å². The first-order valence-corrected chi connectivity index (χ1v) is 9.36. The highest BCUT2D eigenvalue weighted by Gasteiger charge is 2.15. The lowest BCUT2D eigenvalue weighted by atomic mass is 10.2. The van der Waals surface area contributed by atoms with Crippen molar-refractivity contribution in [3.63, 3.8) is 0 Å². The van der Waals surface area contributed by atoms with E-state index in [1.54, 1.807) is 0 Å². The smallest absolute Gasteiger partial charge is 0.122 e. The highest BCUT2D eigenvalue weighted by molar-refractivity contribution is 8.32. The molecule has 0 saturated heterocycles. The topological polar surface area (TPSA) is 21.3 Å². The van der Waals surface area contributed by atoms with E-state index in [9.17, 15) is 0 Å². The van der Waals surface area contributed by atoms with Crippen LogP contribution in [-0.2, 0) is 6.54 Å². The standard InChI is InChI=1S/C17H23NOS/c1-18-13-15-9-11-17(12-10-15)20(2,3)14-19-16-7-5-4-6-8-16/h4-12,18H,13-14H2,1-3H3. The maximum Gasteiger partial charge on any atom is 0.122 e. The van der Waals surface area contributed by atoms with Gasteiger partial charge in [0, 0.05) is 6.54 Å². The Morgan fingerprint density at radius 3 is 2.20 bits per heavy atom. The lowest BCUT2D eigenvalue weighted by Crippen LogP contribution is -2.09. The Hall–Kier alpha value is -1.45. The highest BCUT2D eigenvalue weighted by atomic mass is 32.3. The zero-order valence-corrected chi connectivity index (χ0v) is 13.2. The van der Waals surface area contributed by atoms with Crippen molar-refractivity contribution in [1.82, 2.24) is 5.32 Å². The third kappa shape index (κ3) is 4.02.